The van der Waals surface area contributed by atoms with Crippen LogP contribution in [0.15, 0.2) is 53.3 Å². The summed E-state index contributed by atoms with van der Waals surface area (Å²) in [6, 6.07) is 12.5. The Balaban J connectivity index is 2.01. The zero-order valence-corrected chi connectivity index (χ0v) is 15.2. The molecule has 2 N–H and O–H groups in total. The van der Waals surface area contributed by atoms with Crippen molar-refractivity contribution in [3.05, 3.63) is 80.1 Å². The van der Waals surface area contributed by atoms with Gasteiger partial charge in [0.1, 0.15) is 5.56 Å². The van der Waals surface area contributed by atoms with E-state index in [-0.39, 0.29) is 22.2 Å². The Morgan fingerprint density at radius 1 is 1.11 bits per heavy atom. The summed E-state index contributed by atoms with van der Waals surface area (Å²) in [5.41, 5.74) is 1.19. The first-order valence-electron chi connectivity index (χ1n) is 8.39. The minimum absolute atomic E-state index is 0.0282. The number of H-pyrrole nitrogens is 1. The van der Waals surface area contributed by atoms with Crippen LogP contribution in [-0.4, -0.2) is 15.8 Å². The molecule has 7 nitrogen and oxygen atoms in total. The number of anilines is 1. The van der Waals surface area contributed by atoms with E-state index in [1.54, 1.807) is 24.3 Å². The highest BCUT2D eigenvalue weighted by Gasteiger charge is 2.20. The number of carbonyl (C=O) groups is 1. The zero-order chi connectivity index (χ0) is 19.8. The predicted molar refractivity (Wildman–Crippen MR) is 104 cm³/mol. The Morgan fingerprint density at radius 2 is 1.81 bits per heavy atom. The number of carbonyl (C=O) groups excluding carboxylic acids is 1. The lowest BCUT2D eigenvalue weighted by Crippen LogP contribution is -2.18. The van der Waals surface area contributed by atoms with Gasteiger partial charge in [-0.3, -0.25) is 19.7 Å². The molecule has 7 heteroatoms. The number of rotatable bonds is 3. The fourth-order valence-corrected chi connectivity index (χ4v) is 2.98. The molecule has 0 atom stereocenters. The van der Waals surface area contributed by atoms with Crippen LogP contribution in [0.2, 0.25) is 0 Å². The Labute approximate surface area is 155 Å². The third-order valence-corrected chi connectivity index (χ3v) is 4.25. The van der Waals surface area contributed by atoms with Crippen molar-refractivity contribution < 1.29 is 9.72 Å². The topological polar surface area (TPSA) is 105 Å². The van der Waals surface area contributed by atoms with Gasteiger partial charge in [-0.25, -0.2) is 0 Å². The van der Waals surface area contributed by atoms with Crippen molar-refractivity contribution in [2.45, 2.75) is 26.2 Å². The minimum atomic E-state index is -0.595. The van der Waals surface area contributed by atoms with Gasteiger partial charge in [0.2, 0.25) is 5.56 Å². The van der Waals surface area contributed by atoms with Gasteiger partial charge in [0, 0.05) is 23.2 Å². The molecule has 0 saturated carbocycles. The van der Waals surface area contributed by atoms with Gasteiger partial charge in [0.15, 0.2) is 0 Å². The molecule has 0 aliphatic heterocycles. The summed E-state index contributed by atoms with van der Waals surface area (Å²) >= 11 is 0. The number of hydrogen-bond donors (Lipinski definition) is 2. The first-order chi connectivity index (χ1) is 12.7. The number of aromatic amines is 1. The van der Waals surface area contributed by atoms with Gasteiger partial charge in [0.25, 0.3) is 11.6 Å². The molecule has 3 rings (SSSR count). The molecule has 1 amide bonds. The molecule has 138 valence electrons. The highest BCUT2D eigenvalue weighted by Crippen LogP contribution is 2.29. The van der Waals surface area contributed by atoms with Gasteiger partial charge in [-0.05, 0) is 29.2 Å². The second-order valence-electron chi connectivity index (χ2n) is 7.29. The van der Waals surface area contributed by atoms with Crippen LogP contribution < -0.4 is 10.9 Å². The average molecular weight is 365 g/mol. The van der Waals surface area contributed by atoms with Crippen LogP contribution in [0.3, 0.4) is 0 Å². The van der Waals surface area contributed by atoms with Crippen molar-refractivity contribution in [1.82, 2.24) is 4.98 Å². The lowest BCUT2D eigenvalue weighted by atomic mass is 9.85. The van der Waals surface area contributed by atoms with E-state index in [1.807, 2.05) is 26.8 Å². The highest BCUT2D eigenvalue weighted by atomic mass is 16.6. The second kappa shape index (κ2) is 6.68. The maximum Gasteiger partial charge on any atom is 0.282 e. The molecule has 1 heterocycles. The average Bonchev–Trinajstić information content (AvgIpc) is 2.59. The van der Waals surface area contributed by atoms with E-state index in [0.717, 1.165) is 10.9 Å². The predicted octanol–water partition coefficient (Wildman–Crippen LogP) is 3.99. The van der Waals surface area contributed by atoms with Crippen molar-refractivity contribution in [3.8, 4) is 0 Å². The molecule has 27 heavy (non-hydrogen) atoms. The van der Waals surface area contributed by atoms with Crippen molar-refractivity contribution >= 4 is 28.2 Å². The molecule has 0 aliphatic rings. The first kappa shape index (κ1) is 18.3. The maximum atomic E-state index is 12.5. The Hall–Kier alpha value is -3.48. The van der Waals surface area contributed by atoms with Crippen LogP contribution in [0.5, 0.6) is 0 Å². The molecule has 0 aliphatic carbocycles. The molecule has 3 aromatic rings. The molecule has 0 radical (unpaired) electrons. The molecular weight excluding hydrogens is 346 g/mol. The van der Waals surface area contributed by atoms with E-state index in [1.165, 1.54) is 18.2 Å². The van der Waals surface area contributed by atoms with E-state index >= 15 is 0 Å². The summed E-state index contributed by atoms with van der Waals surface area (Å²) in [5, 5.41) is 14.6. The normalized spacial score (nSPS) is 11.4. The molecule has 2 aromatic carbocycles. The molecule has 0 fully saturated rings. The van der Waals surface area contributed by atoms with Gasteiger partial charge in [-0.15, -0.1) is 0 Å². The third-order valence-electron chi connectivity index (χ3n) is 4.25. The molecule has 0 unspecified atom stereocenters. The van der Waals surface area contributed by atoms with Gasteiger partial charge >= 0.3 is 0 Å². The van der Waals surface area contributed by atoms with Crippen LogP contribution in [0.4, 0.5) is 11.4 Å². The highest BCUT2D eigenvalue weighted by molar-refractivity contribution is 6.07. The number of benzene rings is 2. The Bertz CT molecular complexity index is 1110. The summed E-state index contributed by atoms with van der Waals surface area (Å²) in [4.78, 5) is 37.8. The number of nitrogens with zero attached hydrogens (tertiary/aromatic N) is 1. The number of amides is 1. The van der Waals surface area contributed by atoms with Crippen molar-refractivity contribution in [1.29, 1.82) is 0 Å². The fraction of sp³-hybridized carbons (Fsp3) is 0.200. The largest absolute Gasteiger partial charge is 0.322 e. The van der Waals surface area contributed by atoms with E-state index < -0.39 is 10.8 Å². The SMILES string of the molecule is CC(C)(C)c1cc(=O)[nH]c2cc(NC(=O)c3ccccc3[N+](=O)[O-])ccc12. The van der Waals surface area contributed by atoms with Gasteiger partial charge in [-0.1, -0.05) is 39.0 Å². The summed E-state index contributed by atoms with van der Waals surface area (Å²) in [6.07, 6.45) is 0. The fourth-order valence-electron chi connectivity index (χ4n) is 2.98. The zero-order valence-electron chi connectivity index (χ0n) is 15.2. The van der Waals surface area contributed by atoms with Crippen LogP contribution >= 0.6 is 0 Å². The number of nitro benzene ring substituents is 1. The Kier molecular flexibility index (Phi) is 4.53. The van der Waals surface area contributed by atoms with E-state index in [0.29, 0.717) is 11.2 Å². The summed E-state index contributed by atoms with van der Waals surface area (Å²) in [6.45, 7) is 6.06. The van der Waals surface area contributed by atoms with Gasteiger partial charge < -0.3 is 10.3 Å². The third kappa shape index (κ3) is 3.72. The molecule has 0 saturated heterocycles. The lowest BCUT2D eigenvalue weighted by Gasteiger charge is -2.21. The van der Waals surface area contributed by atoms with Crippen molar-refractivity contribution in [3.63, 3.8) is 0 Å². The van der Waals surface area contributed by atoms with Crippen LogP contribution in [0, 0.1) is 10.1 Å². The lowest BCUT2D eigenvalue weighted by molar-refractivity contribution is -0.385. The van der Waals surface area contributed by atoms with E-state index in [2.05, 4.69) is 10.3 Å². The monoisotopic (exact) mass is 365 g/mol. The number of hydrogen-bond acceptors (Lipinski definition) is 4. The first-order valence-corrected chi connectivity index (χ1v) is 8.39. The summed E-state index contributed by atoms with van der Waals surface area (Å²) in [7, 11) is 0. The van der Waals surface area contributed by atoms with Gasteiger partial charge in [0.05, 0.1) is 10.4 Å². The summed E-state index contributed by atoms with van der Waals surface area (Å²) < 4.78 is 0. The van der Waals surface area contributed by atoms with Crippen molar-refractivity contribution in [2.75, 3.05) is 5.32 Å². The summed E-state index contributed by atoms with van der Waals surface area (Å²) in [5.74, 6) is -0.587. The number of fused-ring (bicyclic) bond motifs is 1. The van der Waals surface area contributed by atoms with Crippen molar-refractivity contribution in [2.24, 2.45) is 0 Å². The molecule has 0 bridgehead atoms. The number of pyridine rings is 1. The van der Waals surface area contributed by atoms with Crippen LogP contribution in [-0.2, 0) is 5.41 Å². The van der Waals surface area contributed by atoms with E-state index in [9.17, 15) is 19.7 Å². The quantitative estimate of drug-likeness (QED) is 0.541. The van der Waals surface area contributed by atoms with Crippen LogP contribution in [0.1, 0.15) is 36.7 Å². The number of para-hydroxylation sites is 1. The maximum absolute atomic E-state index is 12.5. The smallest absolute Gasteiger partial charge is 0.282 e. The molecular formula is C20H19N3O4. The van der Waals surface area contributed by atoms with Crippen LogP contribution in [0.25, 0.3) is 10.9 Å². The minimum Gasteiger partial charge on any atom is -0.322 e. The number of nitro groups is 1. The van der Waals surface area contributed by atoms with E-state index in [4.69, 9.17) is 0 Å². The number of nitrogens with one attached hydrogen (secondary N) is 2. The Morgan fingerprint density at radius 3 is 2.48 bits per heavy atom. The van der Waals surface area contributed by atoms with Gasteiger partial charge in [-0.2, -0.15) is 0 Å². The second-order valence-corrected chi connectivity index (χ2v) is 7.29. The molecule has 0 spiro atoms. The standard InChI is InChI=1S/C20H19N3O4/c1-20(2,3)15-11-18(24)22-16-10-12(8-9-13(15)16)21-19(25)14-6-4-5-7-17(14)23(26)27/h4-11H,1-3H3,(H,21,25)(H,22,24). The molecule has 1 aromatic heterocycles. The number of aromatic nitrogens is 1.